The molecule has 2 aliphatic heterocycles. The number of carbonyl (C=O) groups excluding carboxylic acids is 2. The lowest BCUT2D eigenvalue weighted by Gasteiger charge is -2.34. The van der Waals surface area contributed by atoms with E-state index in [1.807, 2.05) is 46.2 Å². The molecule has 2 aromatic carbocycles. The largest absolute Gasteiger partial charge is 0.343 e. The molecule has 0 bridgehead atoms. The van der Waals surface area contributed by atoms with Crippen molar-refractivity contribution in [3.05, 3.63) is 74.7 Å². The average molecular weight is 574 g/mol. The molecule has 0 aliphatic carbocycles. The Kier molecular flexibility index (Phi) is 7.14. The van der Waals surface area contributed by atoms with Crippen LogP contribution in [0.2, 0.25) is 5.02 Å². The molecule has 1 fully saturated rings. The molecule has 4 aromatic rings. The van der Waals surface area contributed by atoms with Gasteiger partial charge in [0.25, 0.3) is 5.56 Å². The molecular formula is C32H36ClN5O3. The highest BCUT2D eigenvalue weighted by Crippen LogP contribution is 2.36. The third kappa shape index (κ3) is 5.49. The number of rotatable bonds is 4. The molecule has 2 aromatic heterocycles. The highest BCUT2D eigenvalue weighted by molar-refractivity contribution is 6.35. The van der Waals surface area contributed by atoms with Gasteiger partial charge >= 0.3 is 0 Å². The Bertz CT molecular complexity index is 1690. The van der Waals surface area contributed by atoms with Crippen molar-refractivity contribution < 1.29 is 9.59 Å². The van der Waals surface area contributed by atoms with Gasteiger partial charge in [-0.3, -0.25) is 19.5 Å². The number of pyridine rings is 1. The van der Waals surface area contributed by atoms with Crippen molar-refractivity contribution in [1.29, 1.82) is 0 Å². The molecule has 8 nitrogen and oxygen atoms in total. The quantitative estimate of drug-likeness (QED) is 0.341. The van der Waals surface area contributed by atoms with E-state index in [4.69, 9.17) is 11.6 Å². The fourth-order valence-corrected chi connectivity index (χ4v) is 6.82. The van der Waals surface area contributed by atoms with E-state index in [1.54, 1.807) is 6.20 Å². The maximum atomic E-state index is 13.9. The maximum absolute atomic E-state index is 13.9. The first-order chi connectivity index (χ1) is 19.6. The summed E-state index contributed by atoms with van der Waals surface area (Å²) in [6, 6.07) is 11.7. The average Bonchev–Trinajstić information content (AvgIpc) is 3.39. The molecule has 4 heterocycles. The number of aromatic nitrogens is 3. The molecule has 9 heteroatoms. The summed E-state index contributed by atoms with van der Waals surface area (Å²) >= 11 is 6.58. The van der Waals surface area contributed by atoms with Gasteiger partial charge in [0.2, 0.25) is 11.8 Å². The highest BCUT2D eigenvalue weighted by Gasteiger charge is 2.36. The van der Waals surface area contributed by atoms with Gasteiger partial charge in [-0.2, -0.15) is 5.10 Å². The summed E-state index contributed by atoms with van der Waals surface area (Å²) in [5.41, 5.74) is 4.29. The Hall–Kier alpha value is -3.65. The summed E-state index contributed by atoms with van der Waals surface area (Å²) in [5.74, 6) is -0.369. The van der Waals surface area contributed by atoms with Gasteiger partial charge in [0.1, 0.15) is 0 Å². The van der Waals surface area contributed by atoms with E-state index < -0.39 is 5.92 Å². The number of aromatic amines is 2. The molecule has 0 spiro atoms. The topological polar surface area (TPSA) is 102 Å². The first-order valence-corrected chi connectivity index (χ1v) is 14.8. The van der Waals surface area contributed by atoms with Crippen LogP contribution in [-0.4, -0.2) is 56.4 Å². The third-order valence-electron chi connectivity index (χ3n) is 8.52. The van der Waals surface area contributed by atoms with Crippen molar-refractivity contribution in [3.63, 3.8) is 0 Å². The van der Waals surface area contributed by atoms with Crippen LogP contribution in [0.3, 0.4) is 0 Å². The zero-order valence-corrected chi connectivity index (χ0v) is 24.6. The molecule has 0 radical (unpaired) electrons. The molecule has 1 saturated heterocycles. The third-order valence-corrected chi connectivity index (χ3v) is 8.82. The lowest BCUT2D eigenvalue weighted by Crippen LogP contribution is -2.43. The number of amides is 2. The van der Waals surface area contributed by atoms with Crippen molar-refractivity contribution in [3.8, 4) is 0 Å². The Morgan fingerprint density at radius 1 is 1.12 bits per heavy atom. The number of para-hydroxylation sites is 1. The van der Waals surface area contributed by atoms with E-state index >= 15 is 0 Å². The van der Waals surface area contributed by atoms with Crippen molar-refractivity contribution in [1.82, 2.24) is 25.0 Å². The molecule has 2 amide bonds. The zero-order valence-electron chi connectivity index (χ0n) is 23.8. The summed E-state index contributed by atoms with van der Waals surface area (Å²) < 4.78 is 0. The van der Waals surface area contributed by atoms with Gasteiger partial charge in [-0.05, 0) is 65.3 Å². The van der Waals surface area contributed by atoms with Gasteiger partial charge < -0.3 is 14.8 Å². The van der Waals surface area contributed by atoms with Crippen LogP contribution in [0.15, 0.2) is 47.4 Å². The van der Waals surface area contributed by atoms with E-state index in [9.17, 15) is 14.4 Å². The number of piperidine rings is 1. The Balaban J connectivity index is 1.20. The number of likely N-dealkylation sites (tertiary alicyclic amines) is 1. The Labute approximate surface area is 244 Å². The van der Waals surface area contributed by atoms with Crippen molar-refractivity contribution in [2.45, 2.75) is 58.9 Å². The van der Waals surface area contributed by atoms with Gasteiger partial charge in [0.05, 0.1) is 22.7 Å². The van der Waals surface area contributed by atoms with E-state index in [0.717, 1.165) is 51.3 Å². The SMILES string of the molecule is CC(C)(C)CN1Cc2c(cc(Cl)c3[nH]ncc23)C[C@@H](CC(=O)N2CCC(c3cc4ccccc4[nH]c3=O)CC2)C1=O. The minimum atomic E-state index is -0.465. The fraction of sp³-hybridized carbons (Fsp3) is 0.438. The summed E-state index contributed by atoms with van der Waals surface area (Å²) in [7, 11) is 0. The smallest absolute Gasteiger partial charge is 0.251 e. The zero-order chi connectivity index (χ0) is 28.9. The minimum absolute atomic E-state index is 0.00910. The summed E-state index contributed by atoms with van der Waals surface area (Å²) in [6.45, 7) is 8.55. The van der Waals surface area contributed by atoms with Crippen LogP contribution in [0.5, 0.6) is 0 Å². The fourth-order valence-electron chi connectivity index (χ4n) is 6.54. The van der Waals surface area contributed by atoms with E-state index in [0.29, 0.717) is 37.6 Å². The second kappa shape index (κ2) is 10.6. The Morgan fingerprint density at radius 2 is 1.88 bits per heavy atom. The number of hydrogen-bond donors (Lipinski definition) is 2. The lowest BCUT2D eigenvalue weighted by atomic mass is 9.88. The van der Waals surface area contributed by atoms with Crippen LogP contribution < -0.4 is 5.56 Å². The normalized spacial score (nSPS) is 18.6. The summed E-state index contributed by atoms with van der Waals surface area (Å²) in [4.78, 5) is 47.1. The van der Waals surface area contributed by atoms with Gasteiger partial charge in [-0.1, -0.05) is 50.6 Å². The van der Waals surface area contributed by atoms with Gasteiger partial charge in [0, 0.05) is 49.1 Å². The number of benzene rings is 2. The monoisotopic (exact) mass is 573 g/mol. The number of hydrogen-bond acceptors (Lipinski definition) is 4. The van der Waals surface area contributed by atoms with Crippen LogP contribution in [0.4, 0.5) is 0 Å². The first-order valence-electron chi connectivity index (χ1n) is 14.4. The van der Waals surface area contributed by atoms with Crippen molar-refractivity contribution in [2.24, 2.45) is 11.3 Å². The first kappa shape index (κ1) is 27.5. The lowest BCUT2D eigenvalue weighted by molar-refractivity contribution is -0.142. The standard InChI is InChI=1S/C32H36ClN5O3/c1-32(2,3)18-38-17-25-21(14-26(33)29-24(25)16-34-36-29)12-22(31(38)41)15-28(39)37-10-8-19(9-11-37)23-13-20-6-4-5-7-27(20)35-30(23)40/h4-7,13-14,16,19,22H,8-12,15,17-18H2,1-3H3,(H,34,36)(H,35,40)/t22-/m0/s1. The van der Waals surface area contributed by atoms with Crippen LogP contribution in [0.25, 0.3) is 21.8 Å². The molecular weight excluding hydrogens is 538 g/mol. The molecule has 2 N–H and O–H groups in total. The number of halogens is 1. The highest BCUT2D eigenvalue weighted by atomic mass is 35.5. The molecule has 1 atom stereocenters. The number of carbonyl (C=O) groups is 2. The van der Waals surface area contributed by atoms with Crippen molar-refractivity contribution in [2.75, 3.05) is 19.6 Å². The second-order valence-electron chi connectivity index (χ2n) is 12.8. The maximum Gasteiger partial charge on any atom is 0.251 e. The summed E-state index contributed by atoms with van der Waals surface area (Å²) in [6.07, 6.45) is 3.83. The van der Waals surface area contributed by atoms with Crippen LogP contribution in [0.1, 0.15) is 62.6 Å². The molecule has 0 unspecified atom stereocenters. The van der Waals surface area contributed by atoms with Crippen molar-refractivity contribution >= 4 is 45.2 Å². The molecule has 6 rings (SSSR count). The molecule has 2 aliphatic rings. The van der Waals surface area contributed by atoms with Gasteiger partial charge in [-0.25, -0.2) is 0 Å². The van der Waals surface area contributed by atoms with E-state index in [1.165, 1.54) is 0 Å². The predicted octanol–water partition coefficient (Wildman–Crippen LogP) is 5.40. The number of H-pyrrole nitrogens is 2. The van der Waals surface area contributed by atoms with Gasteiger partial charge in [-0.15, -0.1) is 0 Å². The molecule has 0 saturated carbocycles. The van der Waals surface area contributed by atoms with E-state index in [2.05, 4.69) is 36.0 Å². The summed E-state index contributed by atoms with van der Waals surface area (Å²) in [5, 5.41) is 9.69. The second-order valence-corrected chi connectivity index (χ2v) is 13.2. The number of nitrogens with one attached hydrogen (secondary N) is 2. The minimum Gasteiger partial charge on any atom is -0.343 e. The van der Waals surface area contributed by atoms with E-state index in [-0.39, 0.29) is 35.1 Å². The number of nitrogens with zero attached hydrogens (tertiary/aromatic N) is 3. The van der Waals surface area contributed by atoms with Crippen LogP contribution in [0, 0.1) is 11.3 Å². The van der Waals surface area contributed by atoms with Crippen LogP contribution >= 0.6 is 11.6 Å². The predicted molar refractivity (Wildman–Crippen MR) is 161 cm³/mol. The van der Waals surface area contributed by atoms with Gasteiger partial charge in [0.15, 0.2) is 0 Å². The Morgan fingerprint density at radius 3 is 2.63 bits per heavy atom. The number of fused-ring (bicyclic) bond motifs is 4. The molecule has 214 valence electrons. The molecule has 41 heavy (non-hydrogen) atoms. The van der Waals surface area contributed by atoms with Crippen LogP contribution in [-0.2, 0) is 22.6 Å².